The van der Waals surface area contributed by atoms with E-state index in [0.29, 0.717) is 11.0 Å². The van der Waals surface area contributed by atoms with Crippen LogP contribution in [0.15, 0.2) is 10.4 Å². The van der Waals surface area contributed by atoms with Gasteiger partial charge in [-0.05, 0) is 12.8 Å². The highest BCUT2D eigenvalue weighted by Crippen LogP contribution is 2.36. The van der Waals surface area contributed by atoms with Gasteiger partial charge in [0, 0.05) is 49.1 Å². The normalized spacial score (nSPS) is 21.4. The summed E-state index contributed by atoms with van der Waals surface area (Å²) in [6, 6.07) is 0. The summed E-state index contributed by atoms with van der Waals surface area (Å²) in [7, 11) is 1.68. The van der Waals surface area contributed by atoms with Crippen molar-refractivity contribution in [2.24, 2.45) is 4.99 Å². The molecule has 0 radical (unpaired) electrons. The summed E-state index contributed by atoms with van der Waals surface area (Å²) >= 11 is 3.02. The van der Waals surface area contributed by atoms with Gasteiger partial charge in [0.2, 0.25) is 0 Å². The summed E-state index contributed by atoms with van der Waals surface area (Å²) in [5.41, 5.74) is -0.663. The molecule has 3 rings (SSSR count). The third kappa shape index (κ3) is 5.29. The second kappa shape index (κ2) is 9.00. The molecule has 1 aromatic rings. The largest absolute Gasteiger partial charge is 0.434 e. The Morgan fingerprint density at radius 2 is 1.96 bits per heavy atom. The van der Waals surface area contributed by atoms with Crippen LogP contribution in [0.1, 0.15) is 36.4 Å². The summed E-state index contributed by atoms with van der Waals surface area (Å²) in [6.07, 6.45) is 0.468. The standard InChI is InChI=1S/C17H26F3N5S2/c1-21-15(22-10-14-24-13(11-27-14)17(18,19)20)23-12-16(4-2-3-5-16)25-6-8-26-9-7-25/h11H,2-10,12H2,1H3,(H2,21,22,23). The molecule has 2 N–H and O–H groups in total. The highest BCUT2D eigenvalue weighted by atomic mass is 32.2. The van der Waals surface area contributed by atoms with Crippen LogP contribution in [0.3, 0.4) is 0 Å². The number of hydrogen-bond donors (Lipinski definition) is 2. The molecule has 1 aliphatic carbocycles. The van der Waals surface area contributed by atoms with E-state index in [1.807, 2.05) is 11.8 Å². The van der Waals surface area contributed by atoms with Gasteiger partial charge in [-0.15, -0.1) is 11.3 Å². The van der Waals surface area contributed by atoms with Crippen LogP contribution in [0.2, 0.25) is 0 Å². The second-order valence-electron chi connectivity index (χ2n) is 6.93. The Morgan fingerprint density at radius 3 is 2.56 bits per heavy atom. The van der Waals surface area contributed by atoms with Crippen LogP contribution in [-0.4, -0.2) is 59.6 Å². The molecule has 5 nitrogen and oxygen atoms in total. The first-order valence-electron chi connectivity index (χ1n) is 9.22. The van der Waals surface area contributed by atoms with Gasteiger partial charge >= 0.3 is 6.18 Å². The average molecular weight is 422 g/mol. The number of rotatable bonds is 5. The molecule has 0 bridgehead atoms. The fourth-order valence-corrected chi connectivity index (χ4v) is 5.47. The Hall–Kier alpha value is -1.00. The van der Waals surface area contributed by atoms with Crippen LogP contribution < -0.4 is 10.6 Å². The molecule has 2 aliphatic rings. The van der Waals surface area contributed by atoms with Gasteiger partial charge in [0.15, 0.2) is 11.7 Å². The predicted molar refractivity (Wildman–Crippen MR) is 105 cm³/mol. The van der Waals surface area contributed by atoms with Crippen molar-refractivity contribution in [3.63, 3.8) is 0 Å². The maximum absolute atomic E-state index is 12.7. The molecule has 1 aromatic heterocycles. The lowest BCUT2D eigenvalue weighted by Gasteiger charge is -2.43. The second-order valence-corrected chi connectivity index (χ2v) is 9.10. The van der Waals surface area contributed by atoms with Crippen LogP contribution in [0.4, 0.5) is 13.2 Å². The van der Waals surface area contributed by atoms with Gasteiger partial charge in [0.05, 0.1) is 6.54 Å². The number of alkyl halides is 3. The van der Waals surface area contributed by atoms with E-state index in [1.54, 1.807) is 7.05 Å². The summed E-state index contributed by atoms with van der Waals surface area (Å²) in [4.78, 5) is 10.5. The Bertz CT molecular complexity index is 635. The Balaban J connectivity index is 1.54. The number of nitrogens with one attached hydrogen (secondary N) is 2. The van der Waals surface area contributed by atoms with Gasteiger partial charge < -0.3 is 10.6 Å². The predicted octanol–water partition coefficient (Wildman–Crippen LogP) is 3.19. The zero-order chi connectivity index (χ0) is 19.3. The summed E-state index contributed by atoms with van der Waals surface area (Å²) in [5, 5.41) is 7.94. The quantitative estimate of drug-likeness (QED) is 0.565. The minimum atomic E-state index is -4.39. The first-order valence-corrected chi connectivity index (χ1v) is 11.3. The maximum atomic E-state index is 12.7. The van der Waals surface area contributed by atoms with Gasteiger partial charge in [-0.2, -0.15) is 24.9 Å². The van der Waals surface area contributed by atoms with Gasteiger partial charge in [0.1, 0.15) is 5.01 Å². The fourth-order valence-electron chi connectivity index (χ4n) is 3.83. The van der Waals surface area contributed by atoms with Crippen LogP contribution in [0.5, 0.6) is 0 Å². The van der Waals surface area contributed by atoms with E-state index in [1.165, 1.54) is 37.2 Å². The SMILES string of the molecule is CN=C(NCc1nc(C(F)(F)F)cs1)NCC1(N2CCSCC2)CCCC1. The van der Waals surface area contributed by atoms with Gasteiger partial charge in [0.25, 0.3) is 0 Å². The lowest BCUT2D eigenvalue weighted by molar-refractivity contribution is -0.140. The number of hydrogen-bond acceptors (Lipinski definition) is 5. The van der Waals surface area contributed by atoms with Crippen molar-refractivity contribution in [1.82, 2.24) is 20.5 Å². The van der Waals surface area contributed by atoms with Crippen molar-refractivity contribution in [2.45, 2.75) is 43.9 Å². The number of aliphatic imine (C=N–C) groups is 1. The Labute approximate surface area is 166 Å². The number of thioether (sulfide) groups is 1. The number of halogens is 3. The average Bonchev–Trinajstić information content (AvgIpc) is 3.33. The first kappa shape index (κ1) is 20.7. The molecule has 0 aromatic carbocycles. The highest BCUT2D eigenvalue weighted by molar-refractivity contribution is 7.99. The molecule has 0 unspecified atom stereocenters. The molecule has 1 aliphatic heterocycles. The molecule has 0 spiro atoms. The Morgan fingerprint density at radius 1 is 1.26 bits per heavy atom. The third-order valence-electron chi connectivity index (χ3n) is 5.27. The summed E-state index contributed by atoms with van der Waals surface area (Å²) < 4.78 is 38.0. The van der Waals surface area contributed by atoms with E-state index in [4.69, 9.17) is 0 Å². The maximum Gasteiger partial charge on any atom is 0.434 e. The monoisotopic (exact) mass is 421 g/mol. The zero-order valence-corrected chi connectivity index (χ0v) is 17.1. The number of nitrogens with zero attached hydrogens (tertiary/aromatic N) is 3. The smallest absolute Gasteiger partial charge is 0.355 e. The third-order valence-corrected chi connectivity index (χ3v) is 7.07. The topological polar surface area (TPSA) is 52.6 Å². The molecule has 0 atom stereocenters. The number of aromatic nitrogens is 1. The van der Waals surface area contributed by atoms with Crippen LogP contribution >= 0.6 is 23.1 Å². The highest BCUT2D eigenvalue weighted by Gasteiger charge is 2.40. The van der Waals surface area contributed by atoms with E-state index in [0.717, 1.165) is 36.4 Å². The van der Waals surface area contributed by atoms with Crippen LogP contribution in [0, 0.1) is 0 Å². The first-order chi connectivity index (χ1) is 12.9. The van der Waals surface area contributed by atoms with Crippen molar-refractivity contribution in [2.75, 3.05) is 38.2 Å². The van der Waals surface area contributed by atoms with E-state index >= 15 is 0 Å². The van der Waals surface area contributed by atoms with Gasteiger partial charge in [-0.3, -0.25) is 9.89 Å². The minimum absolute atomic E-state index is 0.170. The van der Waals surface area contributed by atoms with Crippen LogP contribution in [-0.2, 0) is 12.7 Å². The lowest BCUT2D eigenvalue weighted by Crippen LogP contribution is -2.57. The lowest BCUT2D eigenvalue weighted by atomic mass is 9.94. The van der Waals surface area contributed by atoms with E-state index in [-0.39, 0.29) is 12.1 Å². The molecule has 1 saturated heterocycles. The fraction of sp³-hybridized carbons (Fsp3) is 0.765. The van der Waals surface area contributed by atoms with Gasteiger partial charge in [-0.25, -0.2) is 4.98 Å². The summed E-state index contributed by atoms with van der Waals surface area (Å²) in [5.74, 6) is 2.97. The molecular weight excluding hydrogens is 395 g/mol. The molecule has 152 valence electrons. The summed E-state index contributed by atoms with van der Waals surface area (Å²) in [6.45, 7) is 3.28. The number of thiazole rings is 1. The van der Waals surface area contributed by atoms with Crippen molar-refractivity contribution < 1.29 is 13.2 Å². The van der Waals surface area contributed by atoms with E-state index in [9.17, 15) is 13.2 Å². The molecule has 1 saturated carbocycles. The van der Waals surface area contributed by atoms with E-state index < -0.39 is 11.9 Å². The van der Waals surface area contributed by atoms with Crippen molar-refractivity contribution in [3.05, 3.63) is 16.1 Å². The van der Waals surface area contributed by atoms with Crippen molar-refractivity contribution in [3.8, 4) is 0 Å². The Kier molecular flexibility index (Phi) is 6.91. The van der Waals surface area contributed by atoms with Crippen molar-refractivity contribution in [1.29, 1.82) is 0 Å². The van der Waals surface area contributed by atoms with Gasteiger partial charge in [-0.1, -0.05) is 12.8 Å². The molecule has 0 amide bonds. The van der Waals surface area contributed by atoms with Crippen molar-refractivity contribution >= 4 is 29.1 Å². The number of guanidine groups is 1. The van der Waals surface area contributed by atoms with E-state index in [2.05, 4.69) is 25.5 Å². The van der Waals surface area contributed by atoms with Crippen LogP contribution in [0.25, 0.3) is 0 Å². The zero-order valence-electron chi connectivity index (χ0n) is 15.4. The molecule has 2 fully saturated rings. The minimum Gasteiger partial charge on any atom is -0.355 e. The molecular formula is C17H26F3N5S2. The molecule has 27 heavy (non-hydrogen) atoms. The molecule has 10 heteroatoms. The molecule has 2 heterocycles.